The van der Waals surface area contributed by atoms with Gasteiger partial charge in [-0.15, -0.1) is 0 Å². The van der Waals surface area contributed by atoms with Crippen molar-refractivity contribution in [1.29, 1.82) is 0 Å². The summed E-state index contributed by atoms with van der Waals surface area (Å²) in [5, 5.41) is 1.37. The van der Waals surface area contributed by atoms with Gasteiger partial charge in [-0.05, 0) is 45.9 Å². The van der Waals surface area contributed by atoms with Crippen molar-refractivity contribution in [2.75, 3.05) is 0 Å². The first-order valence-corrected chi connectivity index (χ1v) is 7.79. The molecular formula is C15H17ClN2OS. The van der Waals surface area contributed by atoms with Gasteiger partial charge in [0, 0.05) is 10.9 Å². The van der Waals surface area contributed by atoms with Gasteiger partial charge in [0.05, 0.1) is 11.7 Å². The minimum absolute atomic E-state index is 0.371. The van der Waals surface area contributed by atoms with Crippen LogP contribution in [0.15, 0.2) is 28.7 Å². The summed E-state index contributed by atoms with van der Waals surface area (Å²) in [5.74, 6) is 0. The summed E-state index contributed by atoms with van der Waals surface area (Å²) in [6.45, 7) is 7.66. The van der Waals surface area contributed by atoms with Crippen molar-refractivity contribution < 1.29 is 4.55 Å². The van der Waals surface area contributed by atoms with Gasteiger partial charge >= 0.3 is 0 Å². The van der Waals surface area contributed by atoms with E-state index in [0.717, 1.165) is 16.5 Å². The van der Waals surface area contributed by atoms with Gasteiger partial charge in [0.25, 0.3) is 0 Å². The van der Waals surface area contributed by atoms with Crippen LogP contribution in [0.4, 0.5) is 0 Å². The van der Waals surface area contributed by atoms with E-state index in [1.807, 2.05) is 52.0 Å². The van der Waals surface area contributed by atoms with Gasteiger partial charge in [-0.25, -0.2) is 4.98 Å². The highest BCUT2D eigenvalue weighted by atomic mass is 35.5. The number of hydrogen-bond donors (Lipinski definition) is 0. The average Bonchev–Trinajstić information content (AvgIpc) is 2.35. The summed E-state index contributed by atoms with van der Waals surface area (Å²) in [6.07, 6.45) is 1.54. The van der Waals surface area contributed by atoms with Crippen molar-refractivity contribution >= 4 is 40.1 Å². The second-order valence-corrected chi connectivity index (χ2v) is 7.95. The molecular weight excluding hydrogens is 292 g/mol. The zero-order valence-electron chi connectivity index (χ0n) is 12.0. The van der Waals surface area contributed by atoms with E-state index in [2.05, 4.69) is 9.38 Å². The lowest BCUT2D eigenvalue weighted by Crippen LogP contribution is -2.25. The maximum atomic E-state index is 11.9. The van der Waals surface area contributed by atoms with Crippen LogP contribution in [-0.4, -0.2) is 20.5 Å². The molecule has 0 fully saturated rings. The lowest BCUT2D eigenvalue weighted by atomic mass is 10.1. The molecule has 0 aliphatic carbocycles. The van der Waals surface area contributed by atoms with E-state index >= 15 is 0 Å². The summed E-state index contributed by atoms with van der Waals surface area (Å²) in [7, 11) is 0. The second-order valence-electron chi connectivity index (χ2n) is 5.66. The second kappa shape index (κ2) is 5.72. The Labute approximate surface area is 127 Å². The Kier molecular flexibility index (Phi) is 4.37. The minimum atomic E-state index is -1.30. The Bertz CT molecular complexity index is 665. The molecule has 5 heteroatoms. The van der Waals surface area contributed by atoms with Crippen LogP contribution in [0.1, 0.15) is 31.9 Å². The highest BCUT2D eigenvalue weighted by Crippen LogP contribution is 2.22. The minimum Gasteiger partial charge on any atom is -0.591 e. The van der Waals surface area contributed by atoms with Crippen molar-refractivity contribution in [3.8, 4) is 0 Å². The van der Waals surface area contributed by atoms with Crippen LogP contribution in [0.2, 0.25) is 5.15 Å². The highest BCUT2D eigenvalue weighted by molar-refractivity contribution is 7.91. The fourth-order valence-electron chi connectivity index (χ4n) is 1.64. The van der Waals surface area contributed by atoms with E-state index in [4.69, 9.17) is 11.6 Å². The van der Waals surface area contributed by atoms with E-state index in [1.54, 1.807) is 6.21 Å². The molecule has 0 unspecified atom stereocenters. The Balaban J connectivity index is 2.39. The third kappa shape index (κ3) is 3.51. The van der Waals surface area contributed by atoms with Crippen LogP contribution in [0.25, 0.3) is 10.9 Å². The number of rotatable bonds is 2. The van der Waals surface area contributed by atoms with Crippen LogP contribution < -0.4 is 0 Å². The van der Waals surface area contributed by atoms with Gasteiger partial charge in [-0.1, -0.05) is 27.6 Å². The molecule has 0 radical (unpaired) electrons. The molecule has 0 saturated heterocycles. The summed E-state index contributed by atoms with van der Waals surface area (Å²) < 4.78 is 15.6. The number of fused-ring (bicyclic) bond motifs is 1. The van der Waals surface area contributed by atoms with Crippen LogP contribution in [0, 0.1) is 6.92 Å². The highest BCUT2D eigenvalue weighted by Gasteiger charge is 2.25. The lowest BCUT2D eigenvalue weighted by Gasteiger charge is -2.17. The maximum Gasteiger partial charge on any atom is 0.144 e. The molecule has 0 N–H and O–H groups in total. The average molecular weight is 309 g/mol. The van der Waals surface area contributed by atoms with Crippen molar-refractivity contribution in [2.24, 2.45) is 4.40 Å². The molecule has 1 aromatic heterocycles. The van der Waals surface area contributed by atoms with Crippen molar-refractivity contribution in [3.63, 3.8) is 0 Å². The monoisotopic (exact) mass is 308 g/mol. The van der Waals surface area contributed by atoms with Crippen molar-refractivity contribution in [1.82, 2.24) is 4.98 Å². The largest absolute Gasteiger partial charge is 0.591 e. The van der Waals surface area contributed by atoms with E-state index in [0.29, 0.717) is 10.7 Å². The fourth-order valence-corrected chi connectivity index (χ4v) is 2.36. The van der Waals surface area contributed by atoms with Crippen LogP contribution >= 0.6 is 11.6 Å². The molecule has 0 saturated carbocycles. The number of hydrogen-bond acceptors (Lipinski definition) is 3. The molecule has 3 nitrogen and oxygen atoms in total. The molecule has 106 valence electrons. The maximum absolute atomic E-state index is 11.9. The SMILES string of the molecule is Cc1ccc2nc(Cl)c(C=N[S@+]([O-])C(C)(C)C)cc2c1. The lowest BCUT2D eigenvalue weighted by molar-refractivity contribution is 0.562. The van der Waals surface area contributed by atoms with Gasteiger partial charge in [-0.3, -0.25) is 0 Å². The molecule has 1 atom stereocenters. The molecule has 0 spiro atoms. The van der Waals surface area contributed by atoms with Gasteiger partial charge in [0.2, 0.25) is 0 Å². The number of halogens is 1. The van der Waals surface area contributed by atoms with Crippen LogP contribution in [0.3, 0.4) is 0 Å². The topological polar surface area (TPSA) is 48.3 Å². The molecule has 1 heterocycles. The third-order valence-electron chi connectivity index (χ3n) is 2.76. The Hall–Kier alpha value is -1.10. The molecule has 2 rings (SSSR count). The first-order valence-electron chi connectivity index (χ1n) is 6.30. The van der Waals surface area contributed by atoms with Gasteiger partial charge < -0.3 is 4.55 Å². The number of aromatic nitrogens is 1. The fraction of sp³-hybridized carbons (Fsp3) is 0.333. The number of aryl methyl sites for hydroxylation is 1. The van der Waals surface area contributed by atoms with E-state index in [9.17, 15) is 4.55 Å². The zero-order chi connectivity index (χ0) is 14.9. The van der Waals surface area contributed by atoms with Crippen molar-refractivity contribution in [3.05, 3.63) is 40.5 Å². The molecule has 20 heavy (non-hydrogen) atoms. The van der Waals surface area contributed by atoms with Crippen molar-refractivity contribution in [2.45, 2.75) is 32.4 Å². The first kappa shape index (κ1) is 15.3. The van der Waals surface area contributed by atoms with E-state index in [1.165, 1.54) is 0 Å². The summed E-state index contributed by atoms with van der Waals surface area (Å²) in [4.78, 5) is 4.33. The number of benzene rings is 1. The molecule has 0 bridgehead atoms. The molecule has 0 aliphatic heterocycles. The quantitative estimate of drug-likeness (QED) is 0.477. The Morgan fingerprint density at radius 2 is 2.00 bits per heavy atom. The predicted molar refractivity (Wildman–Crippen MR) is 87.0 cm³/mol. The summed E-state index contributed by atoms with van der Waals surface area (Å²) >= 11 is 4.84. The molecule has 2 aromatic rings. The predicted octanol–water partition coefficient (Wildman–Crippen LogP) is 4.08. The van der Waals surface area contributed by atoms with Crippen LogP contribution in [-0.2, 0) is 11.4 Å². The molecule has 0 aliphatic rings. The standard InChI is InChI=1S/C15H17ClN2OS/c1-10-5-6-13-11(7-10)8-12(14(16)18-13)9-17-20(19)15(2,3)4/h5-9H,1-4H3/t20-/m1/s1. The smallest absolute Gasteiger partial charge is 0.144 e. The summed E-state index contributed by atoms with van der Waals surface area (Å²) in [6, 6.07) is 7.89. The zero-order valence-corrected chi connectivity index (χ0v) is 13.5. The summed E-state index contributed by atoms with van der Waals surface area (Å²) in [5.41, 5.74) is 2.68. The number of pyridine rings is 1. The molecule has 0 amide bonds. The third-order valence-corrected chi connectivity index (χ3v) is 4.41. The first-order chi connectivity index (χ1) is 9.27. The van der Waals surface area contributed by atoms with E-state index < -0.39 is 11.4 Å². The van der Waals surface area contributed by atoms with Gasteiger partial charge in [0.15, 0.2) is 0 Å². The van der Waals surface area contributed by atoms with Crippen LogP contribution in [0.5, 0.6) is 0 Å². The number of nitrogens with zero attached hydrogens (tertiary/aromatic N) is 2. The Morgan fingerprint density at radius 3 is 2.65 bits per heavy atom. The van der Waals surface area contributed by atoms with Gasteiger partial charge in [-0.2, -0.15) is 0 Å². The molecule has 1 aromatic carbocycles. The van der Waals surface area contributed by atoms with Gasteiger partial charge in [0.1, 0.15) is 21.3 Å². The normalized spacial score (nSPS) is 14.1. The Morgan fingerprint density at radius 1 is 1.30 bits per heavy atom. The van der Waals surface area contributed by atoms with E-state index in [-0.39, 0.29) is 4.75 Å².